The number of aliphatic imine (C=N–C) groups is 1. The van der Waals surface area contributed by atoms with Gasteiger partial charge in [0.2, 0.25) is 0 Å². The summed E-state index contributed by atoms with van der Waals surface area (Å²) in [4.78, 5) is 4.25. The average Bonchev–Trinajstić information content (AvgIpc) is 3.29. The second-order valence-corrected chi connectivity index (χ2v) is 6.52. The van der Waals surface area contributed by atoms with Gasteiger partial charge < -0.3 is 15.4 Å². The van der Waals surface area contributed by atoms with Crippen LogP contribution in [0.5, 0.6) is 0 Å². The van der Waals surface area contributed by atoms with Crippen LogP contribution in [0, 0.1) is 5.82 Å². The summed E-state index contributed by atoms with van der Waals surface area (Å²) in [6.07, 6.45) is 4.36. The van der Waals surface area contributed by atoms with Gasteiger partial charge in [0.15, 0.2) is 5.96 Å². The van der Waals surface area contributed by atoms with Gasteiger partial charge in [-0.2, -0.15) is 5.10 Å². The molecule has 30 heavy (non-hydrogen) atoms. The Kier molecular flexibility index (Phi) is 9.75. The molecular formula is C22H27FIN5O. The first-order valence-electron chi connectivity index (χ1n) is 9.51. The molecule has 6 nitrogen and oxygen atoms in total. The van der Waals surface area contributed by atoms with Crippen LogP contribution in [0.15, 0.2) is 72.0 Å². The van der Waals surface area contributed by atoms with Gasteiger partial charge in [0.05, 0.1) is 11.8 Å². The maximum atomic E-state index is 13.1. The lowest BCUT2D eigenvalue weighted by atomic mass is 10.1. The monoisotopic (exact) mass is 523 g/mol. The van der Waals surface area contributed by atoms with Crippen LogP contribution in [0.3, 0.4) is 0 Å². The number of guanidine groups is 1. The van der Waals surface area contributed by atoms with Gasteiger partial charge >= 0.3 is 0 Å². The van der Waals surface area contributed by atoms with Crippen LogP contribution >= 0.6 is 24.0 Å². The molecule has 0 aliphatic carbocycles. The molecule has 160 valence electrons. The van der Waals surface area contributed by atoms with Gasteiger partial charge in [0, 0.05) is 39.6 Å². The van der Waals surface area contributed by atoms with E-state index in [2.05, 4.69) is 45.0 Å². The van der Waals surface area contributed by atoms with Crippen molar-refractivity contribution >= 4 is 29.9 Å². The van der Waals surface area contributed by atoms with Crippen molar-refractivity contribution in [2.75, 3.05) is 27.2 Å². The summed E-state index contributed by atoms with van der Waals surface area (Å²) in [7, 11) is 3.37. The minimum atomic E-state index is -0.258. The molecule has 0 spiro atoms. The summed E-state index contributed by atoms with van der Waals surface area (Å²) in [5.74, 6) is 0.439. The third-order valence-corrected chi connectivity index (χ3v) is 4.62. The Hall–Kier alpha value is -2.46. The van der Waals surface area contributed by atoms with Crippen molar-refractivity contribution in [3.8, 4) is 5.69 Å². The van der Waals surface area contributed by atoms with E-state index in [0.717, 1.165) is 24.2 Å². The van der Waals surface area contributed by atoms with Crippen LogP contribution in [0.25, 0.3) is 5.69 Å². The van der Waals surface area contributed by atoms with Crippen LogP contribution in [0.4, 0.5) is 4.39 Å². The van der Waals surface area contributed by atoms with Crippen molar-refractivity contribution in [3.05, 3.63) is 83.9 Å². The molecule has 0 fully saturated rings. The Balaban J connectivity index is 0.00000320. The zero-order chi connectivity index (χ0) is 20.5. The summed E-state index contributed by atoms with van der Waals surface area (Å²) in [5, 5.41) is 10.8. The molecule has 2 aromatic carbocycles. The number of halogens is 2. The molecule has 1 atom stereocenters. The van der Waals surface area contributed by atoms with E-state index < -0.39 is 0 Å². The molecule has 1 heterocycles. The van der Waals surface area contributed by atoms with Gasteiger partial charge in [-0.3, -0.25) is 4.99 Å². The molecule has 0 aliphatic rings. The van der Waals surface area contributed by atoms with Gasteiger partial charge in [-0.25, -0.2) is 9.07 Å². The Labute approximate surface area is 193 Å². The Morgan fingerprint density at radius 3 is 2.47 bits per heavy atom. The van der Waals surface area contributed by atoms with Gasteiger partial charge in [0.1, 0.15) is 5.82 Å². The summed E-state index contributed by atoms with van der Waals surface area (Å²) in [6, 6.07) is 16.6. The Bertz CT molecular complexity index is 898. The van der Waals surface area contributed by atoms with E-state index in [1.54, 1.807) is 32.5 Å². The summed E-state index contributed by atoms with van der Waals surface area (Å²) >= 11 is 0. The van der Waals surface area contributed by atoms with Crippen LogP contribution in [-0.2, 0) is 11.2 Å². The molecule has 3 rings (SSSR count). The summed E-state index contributed by atoms with van der Waals surface area (Å²) < 4.78 is 20.5. The highest BCUT2D eigenvalue weighted by Gasteiger charge is 2.11. The van der Waals surface area contributed by atoms with Gasteiger partial charge in [0.25, 0.3) is 0 Å². The third-order valence-electron chi connectivity index (χ3n) is 4.62. The highest BCUT2D eigenvalue weighted by atomic mass is 127. The van der Waals surface area contributed by atoms with Crippen LogP contribution in [-0.4, -0.2) is 43.0 Å². The molecule has 0 aliphatic heterocycles. The quantitative estimate of drug-likeness (QED) is 0.269. The molecular weight excluding hydrogens is 496 g/mol. The minimum absolute atomic E-state index is 0. The van der Waals surface area contributed by atoms with Crippen molar-refractivity contribution in [2.24, 2.45) is 4.99 Å². The maximum Gasteiger partial charge on any atom is 0.191 e. The first-order chi connectivity index (χ1) is 14.2. The van der Waals surface area contributed by atoms with E-state index in [4.69, 9.17) is 4.74 Å². The smallest absolute Gasteiger partial charge is 0.191 e. The fourth-order valence-electron chi connectivity index (χ4n) is 2.99. The lowest BCUT2D eigenvalue weighted by Crippen LogP contribution is -2.40. The largest absolute Gasteiger partial charge is 0.375 e. The molecule has 0 radical (unpaired) electrons. The molecule has 0 bridgehead atoms. The molecule has 3 aromatic rings. The van der Waals surface area contributed by atoms with Gasteiger partial charge in [-0.15, -0.1) is 24.0 Å². The number of rotatable bonds is 8. The van der Waals surface area contributed by atoms with Crippen LogP contribution < -0.4 is 10.6 Å². The Morgan fingerprint density at radius 2 is 1.87 bits per heavy atom. The number of methoxy groups -OCH3 is 1. The summed E-state index contributed by atoms with van der Waals surface area (Å²) in [6.45, 7) is 1.27. The third kappa shape index (κ3) is 6.81. The minimum Gasteiger partial charge on any atom is -0.375 e. The molecule has 1 aromatic heterocycles. The van der Waals surface area contributed by atoms with E-state index in [1.165, 1.54) is 17.7 Å². The molecule has 2 N–H and O–H groups in total. The van der Waals surface area contributed by atoms with E-state index in [1.807, 2.05) is 16.9 Å². The average molecular weight is 523 g/mol. The fraction of sp³-hybridized carbons (Fsp3) is 0.273. The number of nitrogens with one attached hydrogen (secondary N) is 2. The zero-order valence-corrected chi connectivity index (χ0v) is 19.4. The van der Waals surface area contributed by atoms with Crippen molar-refractivity contribution in [2.45, 2.75) is 12.5 Å². The second kappa shape index (κ2) is 12.3. The highest BCUT2D eigenvalue weighted by Crippen LogP contribution is 2.16. The normalized spacial score (nSPS) is 12.2. The number of nitrogens with zero attached hydrogens (tertiary/aromatic N) is 3. The van der Waals surface area contributed by atoms with Crippen LogP contribution in [0.2, 0.25) is 0 Å². The van der Waals surface area contributed by atoms with Gasteiger partial charge in [-0.05, 0) is 47.9 Å². The topological polar surface area (TPSA) is 63.5 Å². The van der Waals surface area contributed by atoms with Crippen molar-refractivity contribution in [3.63, 3.8) is 0 Å². The fourth-order valence-corrected chi connectivity index (χ4v) is 2.99. The predicted octanol–water partition coefficient (Wildman–Crippen LogP) is 3.72. The van der Waals surface area contributed by atoms with E-state index in [-0.39, 0.29) is 35.9 Å². The van der Waals surface area contributed by atoms with Crippen LogP contribution in [0.1, 0.15) is 17.2 Å². The number of benzene rings is 2. The van der Waals surface area contributed by atoms with E-state index >= 15 is 0 Å². The highest BCUT2D eigenvalue weighted by molar-refractivity contribution is 14.0. The number of hydrogen-bond acceptors (Lipinski definition) is 3. The molecule has 8 heteroatoms. The van der Waals surface area contributed by atoms with Crippen molar-refractivity contribution in [1.29, 1.82) is 0 Å². The SMILES string of the molecule is CN=C(NCCc1ccc(-n2cccn2)cc1)NCC(OC)c1ccc(F)cc1.I. The standard InChI is InChI=1S/C22H26FN5O.HI/c1-24-22(26-16-21(29-2)18-6-8-19(23)9-7-18)25-14-12-17-4-10-20(11-5-17)28-15-3-13-27-28;/h3-11,13,15,21H,12,14,16H2,1-2H3,(H2,24,25,26);1H. The first-order valence-corrected chi connectivity index (χ1v) is 9.51. The number of hydrogen-bond donors (Lipinski definition) is 2. The number of ether oxygens (including phenoxy) is 1. The number of aromatic nitrogens is 2. The van der Waals surface area contributed by atoms with E-state index in [9.17, 15) is 4.39 Å². The lowest BCUT2D eigenvalue weighted by Gasteiger charge is -2.19. The second-order valence-electron chi connectivity index (χ2n) is 6.52. The molecule has 0 saturated carbocycles. The van der Waals surface area contributed by atoms with E-state index in [0.29, 0.717) is 12.5 Å². The van der Waals surface area contributed by atoms with Crippen molar-refractivity contribution in [1.82, 2.24) is 20.4 Å². The maximum absolute atomic E-state index is 13.1. The lowest BCUT2D eigenvalue weighted by molar-refractivity contribution is 0.106. The Morgan fingerprint density at radius 1 is 1.13 bits per heavy atom. The predicted molar refractivity (Wildman–Crippen MR) is 128 cm³/mol. The zero-order valence-electron chi connectivity index (χ0n) is 17.1. The van der Waals surface area contributed by atoms with Crippen molar-refractivity contribution < 1.29 is 9.13 Å². The van der Waals surface area contributed by atoms with Gasteiger partial charge in [-0.1, -0.05) is 24.3 Å². The summed E-state index contributed by atoms with van der Waals surface area (Å²) in [5.41, 5.74) is 3.18. The molecule has 0 amide bonds. The first kappa shape index (κ1) is 23.8. The molecule has 0 saturated heterocycles. The molecule has 1 unspecified atom stereocenters.